The molecule has 3 N–H and O–H groups in total. The number of nitrogens with zero attached hydrogens (tertiary/aromatic N) is 4. The number of carbonyl (C=O) groups excluding carboxylic acids is 1. The van der Waals surface area contributed by atoms with Crippen molar-refractivity contribution in [3.8, 4) is 5.75 Å². The Morgan fingerprint density at radius 1 is 1.04 bits per heavy atom. The van der Waals surface area contributed by atoms with Gasteiger partial charge in [-0.05, 0) is 82.7 Å². The van der Waals surface area contributed by atoms with Crippen molar-refractivity contribution < 1.29 is 19.4 Å². The topological polar surface area (TPSA) is 141 Å². The number of hydrogen-bond donors (Lipinski definition) is 3. The molecule has 12 heteroatoms. The maximum atomic E-state index is 14.5. The molecule has 0 saturated heterocycles. The van der Waals surface area contributed by atoms with Crippen LogP contribution in [0.3, 0.4) is 0 Å². The highest BCUT2D eigenvalue weighted by molar-refractivity contribution is 9.10. The van der Waals surface area contributed by atoms with Crippen molar-refractivity contribution in [3.63, 3.8) is 0 Å². The van der Waals surface area contributed by atoms with Gasteiger partial charge in [0, 0.05) is 46.0 Å². The van der Waals surface area contributed by atoms with Crippen LogP contribution >= 0.6 is 27.5 Å². The lowest BCUT2D eigenvalue weighted by molar-refractivity contribution is -0.130. The first-order chi connectivity index (χ1) is 22.9. The molecule has 0 unspecified atom stereocenters. The number of halogens is 2. The molecule has 1 amide bonds. The predicted molar refractivity (Wildman–Crippen MR) is 185 cm³/mol. The van der Waals surface area contributed by atoms with Gasteiger partial charge < -0.3 is 14.6 Å². The number of aliphatic imine (C=N–C) groups is 1. The number of hydrogen-bond acceptors (Lipinski definition) is 7. The van der Waals surface area contributed by atoms with E-state index in [0.717, 1.165) is 26.7 Å². The summed E-state index contributed by atoms with van der Waals surface area (Å²) in [6.45, 7) is 1.03. The third kappa shape index (κ3) is 8.71. The van der Waals surface area contributed by atoms with Gasteiger partial charge in [0.15, 0.2) is 11.6 Å². The van der Waals surface area contributed by atoms with Crippen molar-refractivity contribution in [2.75, 3.05) is 19.8 Å². The highest BCUT2D eigenvalue weighted by Gasteiger charge is 2.53. The summed E-state index contributed by atoms with van der Waals surface area (Å²) in [5.74, 6) is 0.578. The Bertz CT molecular complexity index is 1730. The second kappa shape index (κ2) is 16.4. The van der Waals surface area contributed by atoms with Crippen LogP contribution in [0.25, 0.3) is 10.4 Å². The molecule has 47 heavy (non-hydrogen) atoms. The first-order valence-corrected chi connectivity index (χ1v) is 16.3. The van der Waals surface area contributed by atoms with Crippen LogP contribution in [0.4, 0.5) is 0 Å². The summed E-state index contributed by atoms with van der Waals surface area (Å²) >= 11 is 9.54. The smallest absolute Gasteiger partial charge is 0.266 e. The second-order valence-corrected chi connectivity index (χ2v) is 12.3. The molecule has 0 saturated carbocycles. The fourth-order valence-electron chi connectivity index (χ4n) is 5.31. The summed E-state index contributed by atoms with van der Waals surface area (Å²) < 4.78 is 13.2. The van der Waals surface area contributed by atoms with E-state index < -0.39 is 11.6 Å². The predicted octanol–water partition coefficient (Wildman–Crippen LogP) is 7.04. The lowest BCUT2D eigenvalue weighted by atomic mass is 9.81. The average molecular weight is 718 g/mol. The maximum absolute atomic E-state index is 14.5. The van der Waals surface area contributed by atoms with E-state index in [1.807, 2.05) is 84.9 Å². The van der Waals surface area contributed by atoms with Crippen LogP contribution in [0.2, 0.25) is 5.02 Å². The molecule has 0 fully saturated rings. The Balaban J connectivity index is 1.51. The first-order valence-electron chi connectivity index (χ1n) is 15.1. The van der Waals surface area contributed by atoms with E-state index >= 15 is 0 Å². The molecule has 1 aliphatic rings. The zero-order chi connectivity index (χ0) is 33.1. The maximum Gasteiger partial charge on any atom is 0.266 e. The molecule has 2 atom stereocenters. The largest absolute Gasteiger partial charge is 0.494 e. The molecule has 0 aliphatic carbocycles. The van der Waals surface area contributed by atoms with E-state index in [1.165, 1.54) is 0 Å². The molecule has 0 radical (unpaired) electrons. The molecule has 1 heterocycles. The van der Waals surface area contributed by atoms with Gasteiger partial charge >= 0.3 is 0 Å². The Kier molecular flexibility index (Phi) is 11.9. The highest BCUT2D eigenvalue weighted by Crippen LogP contribution is 2.43. The van der Waals surface area contributed by atoms with Crippen molar-refractivity contribution in [1.82, 2.24) is 10.9 Å². The van der Waals surface area contributed by atoms with Crippen molar-refractivity contribution in [2.24, 2.45) is 10.1 Å². The third-order valence-corrected chi connectivity index (χ3v) is 8.52. The third-order valence-electron chi connectivity index (χ3n) is 7.74. The van der Waals surface area contributed by atoms with Gasteiger partial charge in [-0.15, -0.1) is 0 Å². The Morgan fingerprint density at radius 2 is 1.77 bits per heavy atom. The second-order valence-electron chi connectivity index (χ2n) is 10.9. The molecule has 4 aromatic rings. The number of benzene rings is 4. The number of hydrazine groups is 1. The van der Waals surface area contributed by atoms with Gasteiger partial charge in [-0.1, -0.05) is 81.2 Å². The Hall–Kier alpha value is -4.38. The molecule has 10 nitrogen and oxygen atoms in total. The number of carbonyl (C=O) groups is 1. The van der Waals surface area contributed by atoms with E-state index in [0.29, 0.717) is 48.2 Å². The zero-order valence-corrected chi connectivity index (χ0v) is 27.8. The molecule has 0 spiro atoms. The number of amides is 1. The number of azide groups is 1. The summed E-state index contributed by atoms with van der Waals surface area (Å²) in [5.41, 5.74) is 17.7. The Morgan fingerprint density at radius 3 is 2.47 bits per heavy atom. The van der Waals surface area contributed by atoms with E-state index in [2.05, 4.69) is 36.8 Å². The number of aliphatic hydroxyl groups excluding tert-OH is 1. The molecule has 4 aromatic carbocycles. The molecule has 1 aliphatic heterocycles. The van der Waals surface area contributed by atoms with Gasteiger partial charge in [0.1, 0.15) is 5.75 Å². The SMILES string of the molecule is [N-]=[N+]=NCc1ccccc1C[C@]1(C(=O)NNCCc2ccc(Cl)cc2)N=C(c2ccc(OCCCO)cc2)O[C@H]1c1ccc(Br)cc1. The van der Waals surface area contributed by atoms with Crippen LogP contribution in [0.15, 0.2) is 112 Å². The van der Waals surface area contributed by atoms with E-state index in [9.17, 15) is 4.79 Å². The normalized spacial score (nSPS) is 16.9. The lowest BCUT2D eigenvalue weighted by Gasteiger charge is -2.31. The number of nitrogens with one attached hydrogen (secondary N) is 2. The van der Waals surface area contributed by atoms with Gasteiger partial charge in [0.25, 0.3) is 5.91 Å². The van der Waals surface area contributed by atoms with E-state index in [1.54, 1.807) is 12.1 Å². The quantitative estimate of drug-likeness (QED) is 0.0398. The van der Waals surface area contributed by atoms with Crippen molar-refractivity contribution in [1.29, 1.82) is 0 Å². The standard InChI is InChI=1S/C35H34BrClN6O4/c36-29-12-8-25(9-13-29)32-35(22-27-4-1-2-5-28(27)23-40-43-38,34(45)42-39-19-18-24-6-14-30(37)15-7-24)41-33(47-32)26-10-16-31(17-11-26)46-21-3-20-44/h1-2,4-17,32,39,44H,3,18-23H2,(H,42,45)/t32-,35-/m0/s1. The minimum Gasteiger partial charge on any atom is -0.494 e. The minimum atomic E-state index is -1.45. The van der Waals surface area contributed by atoms with Crippen molar-refractivity contribution >= 4 is 39.3 Å². The lowest BCUT2D eigenvalue weighted by Crippen LogP contribution is -2.54. The minimum absolute atomic E-state index is 0.0479. The summed E-state index contributed by atoms with van der Waals surface area (Å²) in [6, 6.07) is 30.0. The fraction of sp³-hybridized carbons (Fsp3) is 0.257. The number of aliphatic hydroxyl groups is 1. The fourth-order valence-corrected chi connectivity index (χ4v) is 5.70. The van der Waals surface area contributed by atoms with Gasteiger partial charge in [-0.3, -0.25) is 10.2 Å². The van der Waals surface area contributed by atoms with Gasteiger partial charge in [-0.2, -0.15) is 0 Å². The first kappa shape index (κ1) is 34.0. The van der Waals surface area contributed by atoms with Crippen LogP contribution in [0, 0.1) is 0 Å². The van der Waals surface area contributed by atoms with Gasteiger partial charge in [-0.25, -0.2) is 10.4 Å². The van der Waals surface area contributed by atoms with Crippen LogP contribution < -0.4 is 15.6 Å². The summed E-state index contributed by atoms with van der Waals surface area (Å²) in [7, 11) is 0. The van der Waals surface area contributed by atoms with Crippen LogP contribution in [0.1, 0.15) is 40.3 Å². The summed E-state index contributed by atoms with van der Waals surface area (Å²) in [5, 5.41) is 13.5. The summed E-state index contributed by atoms with van der Waals surface area (Å²) in [6.07, 6.45) is 0.560. The van der Waals surface area contributed by atoms with Gasteiger partial charge in [0.05, 0.1) is 13.2 Å². The zero-order valence-electron chi connectivity index (χ0n) is 25.5. The van der Waals surface area contributed by atoms with Crippen LogP contribution in [0.5, 0.6) is 5.75 Å². The van der Waals surface area contributed by atoms with Crippen molar-refractivity contribution in [2.45, 2.75) is 37.5 Å². The van der Waals surface area contributed by atoms with E-state index in [4.69, 9.17) is 36.7 Å². The highest BCUT2D eigenvalue weighted by atomic mass is 79.9. The Labute approximate surface area is 286 Å². The van der Waals surface area contributed by atoms with Gasteiger partial charge in [0.2, 0.25) is 5.90 Å². The molecular formula is C35H34BrClN6O4. The number of ether oxygens (including phenoxy) is 2. The molecule has 5 rings (SSSR count). The molecule has 242 valence electrons. The van der Waals surface area contributed by atoms with E-state index in [-0.39, 0.29) is 25.5 Å². The number of rotatable bonds is 15. The monoisotopic (exact) mass is 716 g/mol. The summed E-state index contributed by atoms with van der Waals surface area (Å²) in [4.78, 5) is 22.5. The molecule has 0 aromatic heterocycles. The average Bonchev–Trinajstić information content (AvgIpc) is 3.48. The van der Waals surface area contributed by atoms with Crippen molar-refractivity contribution in [3.05, 3.63) is 145 Å². The van der Waals surface area contributed by atoms with Crippen LogP contribution in [-0.4, -0.2) is 42.2 Å². The molecular weight excluding hydrogens is 684 g/mol. The molecule has 0 bridgehead atoms. The van der Waals surface area contributed by atoms with Crippen LogP contribution in [-0.2, 0) is 28.9 Å².